The van der Waals surface area contributed by atoms with E-state index in [0.29, 0.717) is 5.69 Å². The number of nitrogens with zero attached hydrogens (tertiary/aromatic N) is 1. The van der Waals surface area contributed by atoms with E-state index in [9.17, 15) is 19.7 Å². The number of primary amides is 1. The second-order valence-corrected chi connectivity index (χ2v) is 5.08. The number of rotatable bonds is 6. The maximum Gasteiger partial charge on any atom is 0.340 e. The summed E-state index contributed by atoms with van der Waals surface area (Å²) in [7, 11) is 1.18. The van der Waals surface area contributed by atoms with Crippen molar-refractivity contribution in [2.75, 3.05) is 19.0 Å². The van der Waals surface area contributed by atoms with Crippen LogP contribution < -0.4 is 11.1 Å². The molecule has 0 unspecified atom stereocenters. The summed E-state index contributed by atoms with van der Waals surface area (Å²) >= 11 is 0. The van der Waals surface area contributed by atoms with Crippen LogP contribution >= 0.6 is 0 Å². The number of non-ortho nitro benzene ring substituents is 1. The molecule has 0 saturated carbocycles. The molecule has 8 nitrogen and oxygen atoms in total. The fourth-order valence-electron chi connectivity index (χ4n) is 1.48. The van der Waals surface area contributed by atoms with Crippen molar-refractivity contribution in [3.05, 3.63) is 33.9 Å². The van der Waals surface area contributed by atoms with Crippen LogP contribution in [0.3, 0.4) is 0 Å². The van der Waals surface area contributed by atoms with Crippen LogP contribution in [0.15, 0.2) is 18.2 Å². The first-order chi connectivity index (χ1) is 9.69. The van der Waals surface area contributed by atoms with E-state index in [-0.39, 0.29) is 17.8 Å². The highest BCUT2D eigenvalue weighted by Gasteiger charge is 2.26. The van der Waals surface area contributed by atoms with E-state index >= 15 is 0 Å². The van der Waals surface area contributed by atoms with Crippen molar-refractivity contribution in [1.29, 1.82) is 0 Å². The molecular formula is C13H17N3O5. The summed E-state index contributed by atoms with van der Waals surface area (Å²) in [6.07, 6.45) is 0. The van der Waals surface area contributed by atoms with E-state index in [1.165, 1.54) is 19.2 Å². The zero-order valence-corrected chi connectivity index (χ0v) is 12.0. The maximum absolute atomic E-state index is 11.7. The number of carbonyl (C=O) groups is 2. The third kappa shape index (κ3) is 3.91. The van der Waals surface area contributed by atoms with E-state index in [1.54, 1.807) is 13.8 Å². The summed E-state index contributed by atoms with van der Waals surface area (Å²) in [5, 5.41) is 13.6. The molecule has 1 rings (SSSR count). The zero-order chi connectivity index (χ0) is 16.2. The van der Waals surface area contributed by atoms with Gasteiger partial charge in [0.05, 0.1) is 23.0 Å². The molecule has 0 atom stereocenters. The van der Waals surface area contributed by atoms with E-state index in [2.05, 4.69) is 10.1 Å². The van der Waals surface area contributed by atoms with Gasteiger partial charge in [-0.15, -0.1) is 0 Å². The quantitative estimate of drug-likeness (QED) is 0.463. The summed E-state index contributed by atoms with van der Waals surface area (Å²) in [4.78, 5) is 33.1. The number of methoxy groups -OCH3 is 1. The van der Waals surface area contributed by atoms with Gasteiger partial charge in [-0.25, -0.2) is 4.79 Å². The number of anilines is 1. The predicted octanol–water partition coefficient (Wildman–Crippen LogP) is 1.30. The Morgan fingerprint density at radius 1 is 1.43 bits per heavy atom. The molecular weight excluding hydrogens is 278 g/mol. The number of hydrogen-bond donors (Lipinski definition) is 2. The minimum Gasteiger partial charge on any atom is -0.465 e. The summed E-state index contributed by atoms with van der Waals surface area (Å²) in [6, 6.07) is 3.76. The average Bonchev–Trinajstić information content (AvgIpc) is 2.43. The fraction of sp³-hybridized carbons (Fsp3) is 0.385. The smallest absolute Gasteiger partial charge is 0.340 e. The second kappa shape index (κ2) is 6.21. The Hall–Kier alpha value is -2.64. The Morgan fingerprint density at radius 3 is 2.52 bits per heavy atom. The molecule has 0 saturated heterocycles. The Bertz CT molecular complexity index is 583. The van der Waals surface area contributed by atoms with Crippen LogP contribution in [0.5, 0.6) is 0 Å². The number of nitro groups is 1. The van der Waals surface area contributed by atoms with Crippen molar-refractivity contribution in [2.45, 2.75) is 13.8 Å². The lowest BCUT2D eigenvalue weighted by Gasteiger charge is -2.22. The number of benzene rings is 1. The number of nitrogens with one attached hydrogen (secondary N) is 1. The van der Waals surface area contributed by atoms with Gasteiger partial charge in [0.25, 0.3) is 5.69 Å². The molecule has 0 radical (unpaired) electrons. The molecule has 3 N–H and O–H groups in total. The number of carbonyl (C=O) groups excluding carboxylic acids is 2. The summed E-state index contributed by atoms with van der Waals surface area (Å²) in [5.41, 5.74) is 4.55. The van der Waals surface area contributed by atoms with Crippen molar-refractivity contribution in [3.8, 4) is 0 Å². The number of esters is 1. The number of amides is 1. The Morgan fingerprint density at radius 2 is 2.05 bits per heavy atom. The Labute approximate surface area is 121 Å². The van der Waals surface area contributed by atoms with Crippen molar-refractivity contribution >= 4 is 23.3 Å². The van der Waals surface area contributed by atoms with Gasteiger partial charge in [-0.3, -0.25) is 14.9 Å². The van der Waals surface area contributed by atoms with Crippen LogP contribution in [0.2, 0.25) is 0 Å². The summed E-state index contributed by atoms with van der Waals surface area (Å²) in [6.45, 7) is 3.46. The molecule has 0 heterocycles. The van der Waals surface area contributed by atoms with Gasteiger partial charge in [0, 0.05) is 24.4 Å². The monoisotopic (exact) mass is 295 g/mol. The first-order valence-electron chi connectivity index (χ1n) is 6.09. The Kier molecular flexibility index (Phi) is 4.85. The molecule has 1 aromatic carbocycles. The van der Waals surface area contributed by atoms with Gasteiger partial charge >= 0.3 is 5.97 Å². The first kappa shape index (κ1) is 16.4. The average molecular weight is 295 g/mol. The number of nitrogens with two attached hydrogens (primary N) is 1. The third-order valence-corrected chi connectivity index (χ3v) is 3.01. The molecule has 0 aromatic heterocycles. The standard InChI is InChI=1S/C13H17N3O5/c1-13(2,12(14)18)7-15-10-5-4-8(16(19)20)6-9(10)11(17)21-3/h4-6,15H,7H2,1-3H3,(H2,14,18). The summed E-state index contributed by atoms with van der Waals surface area (Å²) < 4.78 is 4.60. The molecule has 0 fully saturated rings. The minimum absolute atomic E-state index is 0.0203. The van der Waals surface area contributed by atoms with Gasteiger partial charge < -0.3 is 15.8 Å². The van der Waals surface area contributed by atoms with Crippen LogP contribution in [-0.2, 0) is 9.53 Å². The van der Waals surface area contributed by atoms with Crippen molar-refractivity contribution in [2.24, 2.45) is 11.1 Å². The lowest BCUT2D eigenvalue weighted by Crippen LogP contribution is -2.37. The molecule has 1 aromatic rings. The van der Waals surface area contributed by atoms with Gasteiger partial charge in [0.2, 0.25) is 5.91 Å². The van der Waals surface area contributed by atoms with Crippen molar-refractivity contribution in [3.63, 3.8) is 0 Å². The Balaban J connectivity index is 3.09. The second-order valence-electron chi connectivity index (χ2n) is 5.08. The molecule has 0 bridgehead atoms. The van der Waals surface area contributed by atoms with Gasteiger partial charge in [-0.1, -0.05) is 0 Å². The largest absolute Gasteiger partial charge is 0.465 e. The van der Waals surface area contributed by atoms with Crippen LogP contribution in [0.4, 0.5) is 11.4 Å². The summed E-state index contributed by atoms with van der Waals surface area (Å²) in [5.74, 6) is -1.21. The lowest BCUT2D eigenvalue weighted by molar-refractivity contribution is -0.384. The highest BCUT2D eigenvalue weighted by molar-refractivity contribution is 5.96. The third-order valence-electron chi connectivity index (χ3n) is 3.01. The fourth-order valence-corrected chi connectivity index (χ4v) is 1.48. The van der Waals surface area contributed by atoms with E-state index in [1.807, 2.05) is 0 Å². The molecule has 0 aliphatic carbocycles. The number of ether oxygens (including phenoxy) is 1. The molecule has 1 amide bonds. The van der Waals surface area contributed by atoms with Gasteiger partial charge in [-0.2, -0.15) is 0 Å². The van der Waals surface area contributed by atoms with E-state index in [4.69, 9.17) is 5.73 Å². The predicted molar refractivity (Wildman–Crippen MR) is 75.9 cm³/mol. The maximum atomic E-state index is 11.7. The highest BCUT2D eigenvalue weighted by atomic mass is 16.6. The van der Waals surface area contributed by atoms with Crippen LogP contribution in [0.1, 0.15) is 24.2 Å². The van der Waals surface area contributed by atoms with Gasteiger partial charge in [0.15, 0.2) is 0 Å². The van der Waals surface area contributed by atoms with Gasteiger partial charge in [-0.05, 0) is 19.9 Å². The molecule has 114 valence electrons. The number of nitro benzene ring substituents is 1. The molecule has 21 heavy (non-hydrogen) atoms. The number of hydrogen-bond acceptors (Lipinski definition) is 6. The van der Waals surface area contributed by atoms with Crippen LogP contribution in [0, 0.1) is 15.5 Å². The van der Waals surface area contributed by atoms with Gasteiger partial charge in [0.1, 0.15) is 0 Å². The topological polar surface area (TPSA) is 125 Å². The molecule has 0 aliphatic heterocycles. The van der Waals surface area contributed by atoms with Crippen LogP contribution in [0.25, 0.3) is 0 Å². The van der Waals surface area contributed by atoms with Crippen LogP contribution in [-0.4, -0.2) is 30.5 Å². The minimum atomic E-state index is -0.838. The van der Waals surface area contributed by atoms with Crippen molar-refractivity contribution in [1.82, 2.24) is 0 Å². The molecule has 8 heteroatoms. The van der Waals surface area contributed by atoms with Crippen molar-refractivity contribution < 1.29 is 19.2 Å². The lowest BCUT2D eigenvalue weighted by atomic mass is 9.92. The molecule has 0 spiro atoms. The SMILES string of the molecule is COC(=O)c1cc([N+](=O)[O-])ccc1NCC(C)(C)C(N)=O. The van der Waals surface area contributed by atoms with E-state index in [0.717, 1.165) is 6.07 Å². The normalized spacial score (nSPS) is 10.8. The first-order valence-corrected chi connectivity index (χ1v) is 6.09. The zero-order valence-electron chi connectivity index (χ0n) is 12.0. The highest BCUT2D eigenvalue weighted by Crippen LogP contribution is 2.24. The van der Waals surface area contributed by atoms with E-state index < -0.39 is 22.2 Å². The molecule has 0 aliphatic rings.